The molecule has 0 aliphatic heterocycles. The largest absolute Gasteiger partial charge is 0.506 e. The van der Waals surface area contributed by atoms with Crippen molar-refractivity contribution < 1.29 is 9.63 Å². The highest BCUT2D eigenvalue weighted by atomic mass is 79.9. The zero-order valence-electron chi connectivity index (χ0n) is 10.3. The van der Waals surface area contributed by atoms with Gasteiger partial charge >= 0.3 is 0 Å². The van der Waals surface area contributed by atoms with Gasteiger partial charge in [0.25, 0.3) is 5.89 Å². The molecule has 0 bridgehead atoms. The first-order chi connectivity index (χ1) is 9.70. The minimum atomic E-state index is 0.0650. The maximum atomic E-state index is 9.39. The van der Waals surface area contributed by atoms with Gasteiger partial charge in [0.1, 0.15) is 5.75 Å². The summed E-state index contributed by atoms with van der Waals surface area (Å²) in [6.07, 6.45) is 3.50. The molecule has 2 heterocycles. The maximum absolute atomic E-state index is 9.39. The molecule has 0 atom stereocenters. The molecule has 6 heteroatoms. The van der Waals surface area contributed by atoms with Crippen molar-refractivity contribution >= 4 is 15.9 Å². The molecule has 0 fully saturated rings. The van der Waals surface area contributed by atoms with E-state index in [0.29, 0.717) is 23.7 Å². The van der Waals surface area contributed by atoms with Gasteiger partial charge in [0.05, 0.1) is 11.8 Å². The minimum Gasteiger partial charge on any atom is -0.506 e. The molecule has 0 saturated carbocycles. The summed E-state index contributed by atoms with van der Waals surface area (Å²) in [7, 11) is 0. The molecule has 5 nitrogen and oxygen atoms in total. The molecule has 0 unspecified atom stereocenters. The maximum Gasteiger partial charge on any atom is 0.259 e. The van der Waals surface area contributed by atoms with E-state index in [1.54, 1.807) is 6.20 Å². The Balaban J connectivity index is 1.82. The van der Waals surface area contributed by atoms with E-state index in [4.69, 9.17) is 4.52 Å². The fraction of sp³-hybridized carbons (Fsp3) is 0.0714. The lowest BCUT2D eigenvalue weighted by Crippen LogP contribution is -1.90. The highest BCUT2D eigenvalue weighted by Gasteiger charge is 2.10. The molecule has 20 heavy (non-hydrogen) atoms. The van der Waals surface area contributed by atoms with Gasteiger partial charge < -0.3 is 9.63 Å². The summed E-state index contributed by atoms with van der Waals surface area (Å²) in [5, 5.41) is 13.3. The number of hydrogen-bond donors (Lipinski definition) is 1. The topological polar surface area (TPSA) is 72.0 Å². The molecule has 0 amide bonds. The van der Waals surface area contributed by atoms with Crippen LogP contribution < -0.4 is 0 Å². The second-order valence-corrected chi connectivity index (χ2v) is 5.17. The SMILES string of the molecule is Oc1cncc(-c2nc(Cc3ccc(Br)cc3)no2)c1. The van der Waals surface area contributed by atoms with Crippen LogP contribution in [-0.4, -0.2) is 20.2 Å². The Morgan fingerprint density at radius 2 is 1.95 bits per heavy atom. The molecule has 1 aromatic carbocycles. The Kier molecular flexibility index (Phi) is 3.47. The highest BCUT2D eigenvalue weighted by Crippen LogP contribution is 2.21. The van der Waals surface area contributed by atoms with E-state index < -0.39 is 0 Å². The quantitative estimate of drug-likeness (QED) is 0.797. The number of aromatic hydroxyl groups is 1. The molecule has 0 spiro atoms. The van der Waals surface area contributed by atoms with Crippen molar-refractivity contribution in [1.82, 2.24) is 15.1 Å². The van der Waals surface area contributed by atoms with Gasteiger partial charge in [0.2, 0.25) is 0 Å². The molecule has 100 valence electrons. The lowest BCUT2D eigenvalue weighted by atomic mass is 10.1. The predicted octanol–water partition coefficient (Wildman–Crippen LogP) is 3.19. The molecule has 2 aromatic heterocycles. The van der Waals surface area contributed by atoms with Crippen LogP contribution in [0.3, 0.4) is 0 Å². The molecule has 0 aliphatic carbocycles. The minimum absolute atomic E-state index is 0.0650. The lowest BCUT2D eigenvalue weighted by Gasteiger charge is -1.96. The van der Waals surface area contributed by atoms with Gasteiger partial charge in [-0.1, -0.05) is 33.2 Å². The van der Waals surface area contributed by atoms with Gasteiger partial charge in [-0.15, -0.1) is 0 Å². The molecule has 1 N–H and O–H groups in total. The second-order valence-electron chi connectivity index (χ2n) is 4.25. The molecule has 0 saturated heterocycles. The number of benzene rings is 1. The van der Waals surface area contributed by atoms with Gasteiger partial charge in [0.15, 0.2) is 5.82 Å². The van der Waals surface area contributed by atoms with E-state index >= 15 is 0 Å². The molecule has 0 radical (unpaired) electrons. The highest BCUT2D eigenvalue weighted by molar-refractivity contribution is 9.10. The second kappa shape index (κ2) is 5.42. The molecule has 3 aromatic rings. The van der Waals surface area contributed by atoms with Crippen LogP contribution in [0.5, 0.6) is 5.75 Å². The standard InChI is InChI=1S/C14H10BrN3O2/c15-11-3-1-9(2-4-11)5-13-17-14(20-18-13)10-6-12(19)8-16-7-10/h1-4,6-8,19H,5H2. The van der Waals surface area contributed by atoms with E-state index in [-0.39, 0.29) is 5.75 Å². The Hall–Kier alpha value is -2.21. The van der Waals surface area contributed by atoms with E-state index in [0.717, 1.165) is 10.0 Å². The molecular weight excluding hydrogens is 322 g/mol. The fourth-order valence-electron chi connectivity index (χ4n) is 1.77. The van der Waals surface area contributed by atoms with Crippen molar-refractivity contribution in [3.05, 3.63) is 58.6 Å². The molecule has 0 aliphatic rings. The van der Waals surface area contributed by atoms with Crippen molar-refractivity contribution in [3.8, 4) is 17.2 Å². The Bertz CT molecular complexity index is 725. The zero-order chi connectivity index (χ0) is 13.9. The Morgan fingerprint density at radius 3 is 2.70 bits per heavy atom. The Labute approximate surface area is 123 Å². The predicted molar refractivity (Wildman–Crippen MR) is 76.1 cm³/mol. The summed E-state index contributed by atoms with van der Waals surface area (Å²) >= 11 is 3.39. The number of halogens is 1. The first kappa shape index (κ1) is 12.8. The third-order valence-corrected chi connectivity index (χ3v) is 3.24. The number of aromatic nitrogens is 3. The van der Waals surface area contributed by atoms with E-state index in [9.17, 15) is 5.11 Å². The number of pyridine rings is 1. The summed E-state index contributed by atoms with van der Waals surface area (Å²) in [5.41, 5.74) is 1.69. The number of rotatable bonds is 3. The number of hydrogen-bond acceptors (Lipinski definition) is 5. The van der Waals surface area contributed by atoms with Crippen LogP contribution in [0.25, 0.3) is 11.5 Å². The van der Waals surface area contributed by atoms with Crippen LogP contribution in [-0.2, 0) is 6.42 Å². The summed E-state index contributed by atoms with van der Waals surface area (Å²) in [6.45, 7) is 0. The van der Waals surface area contributed by atoms with Crippen LogP contribution >= 0.6 is 15.9 Å². The van der Waals surface area contributed by atoms with Crippen molar-refractivity contribution in [2.45, 2.75) is 6.42 Å². The van der Waals surface area contributed by atoms with Gasteiger partial charge in [-0.25, -0.2) is 0 Å². The average Bonchev–Trinajstić information content (AvgIpc) is 2.90. The normalized spacial score (nSPS) is 10.7. The Morgan fingerprint density at radius 1 is 1.15 bits per heavy atom. The van der Waals surface area contributed by atoms with Crippen molar-refractivity contribution in [2.24, 2.45) is 0 Å². The van der Waals surface area contributed by atoms with Crippen molar-refractivity contribution in [2.75, 3.05) is 0 Å². The summed E-state index contributed by atoms with van der Waals surface area (Å²) in [5.74, 6) is 1.00. The first-order valence-corrected chi connectivity index (χ1v) is 6.71. The van der Waals surface area contributed by atoms with Crippen molar-refractivity contribution in [3.63, 3.8) is 0 Å². The van der Waals surface area contributed by atoms with Crippen molar-refractivity contribution in [1.29, 1.82) is 0 Å². The smallest absolute Gasteiger partial charge is 0.259 e. The monoisotopic (exact) mass is 331 g/mol. The third kappa shape index (κ3) is 2.85. The van der Waals surface area contributed by atoms with Crippen LogP contribution in [0.15, 0.2) is 51.7 Å². The summed E-state index contributed by atoms with van der Waals surface area (Å²) in [6, 6.07) is 9.46. The molecular formula is C14H10BrN3O2. The van der Waals surface area contributed by atoms with E-state index in [2.05, 4.69) is 31.1 Å². The first-order valence-electron chi connectivity index (χ1n) is 5.92. The number of nitrogens with zero attached hydrogens (tertiary/aromatic N) is 3. The van der Waals surface area contributed by atoms with Crippen LogP contribution in [0.4, 0.5) is 0 Å². The third-order valence-electron chi connectivity index (χ3n) is 2.71. The van der Waals surface area contributed by atoms with Gasteiger partial charge in [0, 0.05) is 17.1 Å². The van der Waals surface area contributed by atoms with Crippen LogP contribution in [0, 0.1) is 0 Å². The fourth-order valence-corrected chi connectivity index (χ4v) is 2.04. The molecule has 3 rings (SSSR count). The zero-order valence-corrected chi connectivity index (χ0v) is 11.9. The summed E-state index contributed by atoms with van der Waals surface area (Å²) < 4.78 is 6.21. The van der Waals surface area contributed by atoms with Gasteiger partial charge in [-0.3, -0.25) is 4.98 Å². The van der Waals surface area contributed by atoms with Crippen LogP contribution in [0.2, 0.25) is 0 Å². The van der Waals surface area contributed by atoms with Gasteiger partial charge in [-0.05, 0) is 23.8 Å². The lowest BCUT2D eigenvalue weighted by molar-refractivity contribution is 0.423. The van der Waals surface area contributed by atoms with Gasteiger partial charge in [-0.2, -0.15) is 4.98 Å². The van der Waals surface area contributed by atoms with E-state index in [1.165, 1.54) is 12.3 Å². The van der Waals surface area contributed by atoms with E-state index in [1.807, 2.05) is 24.3 Å². The van der Waals surface area contributed by atoms with Crippen LogP contribution in [0.1, 0.15) is 11.4 Å². The summed E-state index contributed by atoms with van der Waals surface area (Å²) in [4.78, 5) is 8.18. The average molecular weight is 332 g/mol.